The van der Waals surface area contributed by atoms with E-state index in [2.05, 4.69) is 17.1 Å². The van der Waals surface area contributed by atoms with E-state index >= 15 is 0 Å². The fraction of sp³-hybridized carbons (Fsp3) is 0.917. The van der Waals surface area contributed by atoms with E-state index in [0.717, 1.165) is 19.6 Å². The third-order valence-electron chi connectivity index (χ3n) is 3.15. The molecule has 0 saturated carbocycles. The van der Waals surface area contributed by atoms with Gasteiger partial charge in [0.15, 0.2) is 0 Å². The summed E-state index contributed by atoms with van der Waals surface area (Å²) in [6.45, 7) is 6.90. The number of aliphatic hydroxyl groups excluding tert-OH is 1. The summed E-state index contributed by atoms with van der Waals surface area (Å²) < 4.78 is 0. The van der Waals surface area contributed by atoms with Crippen LogP contribution in [-0.2, 0) is 4.79 Å². The minimum atomic E-state index is -0.387. The second kappa shape index (κ2) is 6.86. The first-order valence-corrected chi connectivity index (χ1v) is 6.28. The smallest absolute Gasteiger partial charge is 0.220 e. The number of nitrogens with one attached hydrogen (secondary N) is 1. The summed E-state index contributed by atoms with van der Waals surface area (Å²) in [5.41, 5.74) is 0. The molecular formula is C12H24N2O2. The van der Waals surface area contributed by atoms with Crippen molar-refractivity contribution in [1.82, 2.24) is 10.2 Å². The van der Waals surface area contributed by atoms with Crippen LogP contribution in [0.15, 0.2) is 0 Å². The van der Waals surface area contributed by atoms with Crippen molar-refractivity contribution in [1.29, 1.82) is 0 Å². The third kappa shape index (κ3) is 4.94. The normalized spacial score (nSPS) is 20.7. The van der Waals surface area contributed by atoms with Crippen molar-refractivity contribution >= 4 is 5.91 Å². The zero-order valence-corrected chi connectivity index (χ0v) is 10.4. The molecule has 1 fully saturated rings. The van der Waals surface area contributed by atoms with Crippen LogP contribution in [-0.4, -0.2) is 47.7 Å². The Bertz CT molecular complexity index is 213. The summed E-state index contributed by atoms with van der Waals surface area (Å²) in [5.74, 6) is 0.0481. The molecule has 1 amide bonds. The Balaban J connectivity index is 2.10. The van der Waals surface area contributed by atoms with Crippen LogP contribution in [0.1, 0.15) is 39.5 Å². The van der Waals surface area contributed by atoms with E-state index in [-0.39, 0.29) is 12.0 Å². The molecule has 0 aromatic rings. The Morgan fingerprint density at radius 1 is 1.38 bits per heavy atom. The Morgan fingerprint density at radius 3 is 2.56 bits per heavy atom. The van der Waals surface area contributed by atoms with Gasteiger partial charge in [0.2, 0.25) is 5.91 Å². The predicted octanol–water partition coefficient (Wildman–Crippen LogP) is 0.748. The van der Waals surface area contributed by atoms with Gasteiger partial charge in [-0.15, -0.1) is 0 Å². The fourth-order valence-electron chi connectivity index (χ4n) is 2.00. The van der Waals surface area contributed by atoms with Crippen LogP contribution in [0.2, 0.25) is 0 Å². The van der Waals surface area contributed by atoms with Crippen LogP contribution >= 0.6 is 0 Å². The molecule has 1 rings (SSSR count). The van der Waals surface area contributed by atoms with Crippen molar-refractivity contribution in [2.24, 2.45) is 0 Å². The highest BCUT2D eigenvalue weighted by molar-refractivity contribution is 5.75. The molecule has 1 aliphatic rings. The number of likely N-dealkylation sites (tertiary alicyclic amines) is 1. The second-order valence-electron chi connectivity index (χ2n) is 4.78. The molecule has 0 aromatic carbocycles. The van der Waals surface area contributed by atoms with E-state index in [1.807, 2.05) is 0 Å². The Hall–Kier alpha value is -0.610. The number of aliphatic hydroxyl groups is 1. The van der Waals surface area contributed by atoms with Crippen molar-refractivity contribution in [2.45, 2.75) is 51.7 Å². The zero-order chi connectivity index (χ0) is 12.0. The van der Waals surface area contributed by atoms with Crippen LogP contribution in [0.5, 0.6) is 0 Å². The van der Waals surface area contributed by atoms with E-state index in [1.165, 1.54) is 12.8 Å². The summed E-state index contributed by atoms with van der Waals surface area (Å²) in [4.78, 5) is 13.8. The molecule has 2 unspecified atom stereocenters. The number of carbonyl (C=O) groups excluding carboxylic acids is 1. The summed E-state index contributed by atoms with van der Waals surface area (Å²) >= 11 is 0. The van der Waals surface area contributed by atoms with Crippen LogP contribution in [0.3, 0.4) is 0 Å². The highest BCUT2D eigenvalue weighted by atomic mass is 16.3. The summed E-state index contributed by atoms with van der Waals surface area (Å²) in [6.07, 6.45) is 3.14. The molecule has 16 heavy (non-hydrogen) atoms. The van der Waals surface area contributed by atoms with Crippen LogP contribution in [0, 0.1) is 0 Å². The lowest BCUT2D eigenvalue weighted by molar-refractivity contribution is -0.121. The first kappa shape index (κ1) is 13.5. The van der Waals surface area contributed by atoms with E-state index in [9.17, 15) is 4.79 Å². The molecule has 1 heterocycles. The van der Waals surface area contributed by atoms with E-state index < -0.39 is 0 Å². The van der Waals surface area contributed by atoms with Crippen molar-refractivity contribution < 1.29 is 9.90 Å². The number of amides is 1. The molecule has 0 aliphatic carbocycles. The molecule has 4 heteroatoms. The molecule has 1 aliphatic heterocycles. The molecule has 0 aromatic heterocycles. The van der Waals surface area contributed by atoms with Gasteiger partial charge in [-0.1, -0.05) is 0 Å². The number of rotatable bonds is 6. The largest absolute Gasteiger partial charge is 0.393 e. The van der Waals surface area contributed by atoms with Gasteiger partial charge in [0, 0.05) is 19.0 Å². The average molecular weight is 228 g/mol. The molecule has 1 saturated heterocycles. The first-order chi connectivity index (χ1) is 7.59. The van der Waals surface area contributed by atoms with Gasteiger partial charge >= 0.3 is 0 Å². The molecule has 0 radical (unpaired) electrons. The minimum absolute atomic E-state index is 0.0481. The summed E-state index contributed by atoms with van der Waals surface area (Å²) in [7, 11) is 0. The van der Waals surface area contributed by atoms with Gasteiger partial charge in [0.1, 0.15) is 0 Å². The maximum Gasteiger partial charge on any atom is 0.220 e. The van der Waals surface area contributed by atoms with Gasteiger partial charge in [-0.2, -0.15) is 0 Å². The van der Waals surface area contributed by atoms with Gasteiger partial charge in [-0.25, -0.2) is 0 Å². The third-order valence-corrected chi connectivity index (χ3v) is 3.15. The van der Waals surface area contributed by atoms with Gasteiger partial charge < -0.3 is 10.4 Å². The van der Waals surface area contributed by atoms with Gasteiger partial charge in [0.25, 0.3) is 0 Å². The maximum atomic E-state index is 11.4. The molecule has 0 bridgehead atoms. The quantitative estimate of drug-likeness (QED) is 0.705. The number of hydrogen-bond acceptors (Lipinski definition) is 3. The minimum Gasteiger partial charge on any atom is -0.393 e. The Kier molecular flexibility index (Phi) is 5.77. The fourth-order valence-corrected chi connectivity index (χ4v) is 2.00. The topological polar surface area (TPSA) is 52.6 Å². The monoisotopic (exact) mass is 228 g/mol. The second-order valence-corrected chi connectivity index (χ2v) is 4.78. The van der Waals surface area contributed by atoms with Crippen molar-refractivity contribution in [2.75, 3.05) is 19.6 Å². The highest BCUT2D eigenvalue weighted by Gasteiger charge is 2.18. The molecule has 2 atom stereocenters. The number of carbonyl (C=O) groups is 1. The molecule has 4 nitrogen and oxygen atoms in total. The van der Waals surface area contributed by atoms with Crippen molar-refractivity contribution in [3.05, 3.63) is 0 Å². The lowest BCUT2D eigenvalue weighted by Gasteiger charge is -2.23. The van der Waals surface area contributed by atoms with E-state index in [1.54, 1.807) is 6.92 Å². The van der Waals surface area contributed by atoms with Gasteiger partial charge in [-0.05, 0) is 46.2 Å². The lowest BCUT2D eigenvalue weighted by Crippen LogP contribution is -2.40. The average Bonchev–Trinajstić information content (AvgIpc) is 2.76. The highest BCUT2D eigenvalue weighted by Crippen LogP contribution is 2.10. The molecular weight excluding hydrogens is 204 g/mol. The Labute approximate surface area is 98.0 Å². The number of nitrogens with zero attached hydrogens (tertiary/aromatic N) is 1. The SMILES string of the molecule is CC(O)CCC(=O)NCC(C)N1CCCC1. The van der Waals surface area contributed by atoms with E-state index in [4.69, 9.17) is 5.11 Å². The number of hydrogen-bond donors (Lipinski definition) is 2. The Morgan fingerprint density at radius 2 is 2.00 bits per heavy atom. The first-order valence-electron chi connectivity index (χ1n) is 6.28. The summed E-state index contributed by atoms with van der Waals surface area (Å²) in [5, 5.41) is 12.0. The van der Waals surface area contributed by atoms with Crippen molar-refractivity contribution in [3.8, 4) is 0 Å². The van der Waals surface area contributed by atoms with Crippen molar-refractivity contribution in [3.63, 3.8) is 0 Å². The predicted molar refractivity (Wildman–Crippen MR) is 64.2 cm³/mol. The molecule has 94 valence electrons. The standard InChI is InChI=1S/C12H24N2O2/c1-10(14-7-3-4-8-14)9-13-12(16)6-5-11(2)15/h10-11,15H,3-9H2,1-2H3,(H,13,16). The maximum absolute atomic E-state index is 11.4. The van der Waals surface area contributed by atoms with Crippen LogP contribution in [0.4, 0.5) is 0 Å². The van der Waals surface area contributed by atoms with Crippen LogP contribution < -0.4 is 5.32 Å². The van der Waals surface area contributed by atoms with Crippen LogP contribution in [0.25, 0.3) is 0 Å². The van der Waals surface area contributed by atoms with Gasteiger partial charge in [-0.3, -0.25) is 9.69 Å². The summed E-state index contributed by atoms with van der Waals surface area (Å²) in [6, 6.07) is 0.429. The van der Waals surface area contributed by atoms with E-state index in [0.29, 0.717) is 18.9 Å². The zero-order valence-electron chi connectivity index (χ0n) is 10.4. The van der Waals surface area contributed by atoms with Gasteiger partial charge in [0.05, 0.1) is 6.10 Å². The lowest BCUT2D eigenvalue weighted by atomic mass is 10.2. The molecule has 2 N–H and O–H groups in total. The molecule has 0 spiro atoms.